The molecule has 0 saturated heterocycles. The summed E-state index contributed by atoms with van der Waals surface area (Å²) in [5.41, 5.74) is 3.98. The largest absolute Gasteiger partial charge is 0.0683 e. The molecule has 246 valence electrons. The van der Waals surface area contributed by atoms with Gasteiger partial charge in [-0.05, 0) is 77.5 Å². The maximum Gasteiger partial charge on any atom is -0.00266 e. The molecule has 0 unspecified atom stereocenters. The van der Waals surface area contributed by atoms with Gasteiger partial charge in [-0.3, -0.25) is 0 Å². The van der Waals surface area contributed by atoms with Crippen molar-refractivity contribution in [3.05, 3.63) is 157 Å². The molecule has 0 heterocycles. The van der Waals surface area contributed by atoms with Gasteiger partial charge in [-0.2, -0.15) is 0 Å². The second-order valence-corrected chi connectivity index (χ2v) is 10.8. The van der Waals surface area contributed by atoms with Crippen molar-refractivity contribution in [1.29, 1.82) is 0 Å². The number of aryl methyl sites for hydroxylation is 1. The lowest BCUT2D eigenvalue weighted by molar-refractivity contribution is 1.09. The van der Waals surface area contributed by atoms with E-state index in [9.17, 15) is 0 Å². The normalized spacial score (nSPS) is 9.85. The minimum absolute atomic E-state index is 1.25. The first kappa shape index (κ1) is 37.5. The van der Waals surface area contributed by atoms with E-state index in [4.69, 9.17) is 0 Å². The fourth-order valence-electron chi connectivity index (χ4n) is 6.04. The molecule has 8 aromatic carbocycles. The Kier molecular flexibility index (Phi) is 15.4. The van der Waals surface area contributed by atoms with Gasteiger partial charge in [-0.1, -0.05) is 213 Å². The van der Waals surface area contributed by atoms with Crippen molar-refractivity contribution in [3.63, 3.8) is 0 Å². The molecule has 0 bridgehead atoms. The summed E-state index contributed by atoms with van der Waals surface area (Å²) in [6.07, 6.45) is 1.25. The van der Waals surface area contributed by atoms with Crippen LogP contribution in [-0.2, 0) is 0 Å². The van der Waals surface area contributed by atoms with Gasteiger partial charge < -0.3 is 0 Å². The highest BCUT2D eigenvalue weighted by Crippen LogP contribution is 2.38. The number of hydrogen-bond acceptors (Lipinski definition) is 0. The highest BCUT2D eigenvalue weighted by molar-refractivity contribution is 6.20. The van der Waals surface area contributed by atoms with Gasteiger partial charge >= 0.3 is 0 Å². The standard InChI is InChI=1S/C21H16.C18H12.C3H8.3C2H6/c1-15-17-11-5-7-13-19(17)21(16-9-3-2-4-10-16)20-14-8-6-12-18(15)20;1-3-7-16-13(5-1)9-11-15-12-10-14-6-2-4-8-17(14)18(15)16;1-3-2;3*1-2/h2-14H,1H3;1-12H;3H2,1-2H3;3*1-2H3. The van der Waals surface area contributed by atoms with Crippen LogP contribution >= 0.6 is 0 Å². The number of fused-ring (bicyclic) bond motifs is 7. The van der Waals surface area contributed by atoms with E-state index in [1.54, 1.807) is 0 Å². The van der Waals surface area contributed by atoms with E-state index in [-0.39, 0.29) is 0 Å². The minimum atomic E-state index is 1.25. The topological polar surface area (TPSA) is 0 Å². The number of benzene rings is 8. The Hall–Kier alpha value is -4.94. The quantitative estimate of drug-likeness (QED) is 0.125. The second kappa shape index (κ2) is 19.7. The molecule has 0 aliphatic carbocycles. The summed E-state index contributed by atoms with van der Waals surface area (Å²) in [5, 5.41) is 13.3. The fourth-order valence-corrected chi connectivity index (χ4v) is 6.04. The van der Waals surface area contributed by atoms with E-state index in [2.05, 4.69) is 172 Å². The molecule has 0 amide bonds. The summed E-state index contributed by atoms with van der Waals surface area (Å²) in [5.74, 6) is 0. The third-order valence-corrected chi connectivity index (χ3v) is 7.90. The molecule has 8 aromatic rings. The first-order valence-electron chi connectivity index (χ1n) is 18.0. The van der Waals surface area contributed by atoms with Crippen LogP contribution in [0.3, 0.4) is 0 Å². The molecule has 48 heavy (non-hydrogen) atoms. The third kappa shape index (κ3) is 8.31. The van der Waals surface area contributed by atoms with Gasteiger partial charge in [0.05, 0.1) is 0 Å². The zero-order valence-electron chi connectivity index (χ0n) is 30.6. The molecule has 0 nitrogen and oxygen atoms in total. The summed E-state index contributed by atoms with van der Waals surface area (Å²) < 4.78 is 0. The van der Waals surface area contributed by atoms with Crippen molar-refractivity contribution in [2.75, 3.05) is 0 Å². The maximum absolute atomic E-state index is 2.23. The molecular weight excluding hydrogens is 577 g/mol. The van der Waals surface area contributed by atoms with Crippen LogP contribution in [0.5, 0.6) is 0 Å². The molecule has 0 heteroatoms. The highest BCUT2D eigenvalue weighted by atomic mass is 14.2. The van der Waals surface area contributed by atoms with Gasteiger partial charge in [-0.25, -0.2) is 0 Å². The van der Waals surface area contributed by atoms with Gasteiger partial charge in [0.1, 0.15) is 0 Å². The van der Waals surface area contributed by atoms with Gasteiger partial charge in [0.15, 0.2) is 0 Å². The van der Waals surface area contributed by atoms with Crippen LogP contribution in [0.1, 0.15) is 67.4 Å². The van der Waals surface area contributed by atoms with Crippen molar-refractivity contribution >= 4 is 53.9 Å². The summed E-state index contributed by atoms with van der Waals surface area (Å²) in [7, 11) is 0. The Morgan fingerprint density at radius 3 is 1.06 bits per heavy atom. The predicted molar refractivity (Wildman–Crippen MR) is 221 cm³/mol. The van der Waals surface area contributed by atoms with E-state index >= 15 is 0 Å². The maximum atomic E-state index is 2.23. The molecule has 0 aromatic heterocycles. The lowest BCUT2D eigenvalue weighted by Crippen LogP contribution is -1.88. The monoisotopic (exact) mass is 630 g/mol. The Labute approximate surface area is 290 Å². The average Bonchev–Trinajstić information content (AvgIpc) is 3.18. The van der Waals surface area contributed by atoms with Crippen LogP contribution in [0.25, 0.3) is 65.0 Å². The Bertz CT molecular complexity index is 2010. The number of rotatable bonds is 1. The number of hydrogen-bond donors (Lipinski definition) is 0. The second-order valence-electron chi connectivity index (χ2n) is 10.8. The van der Waals surface area contributed by atoms with Crippen molar-refractivity contribution in [1.82, 2.24) is 0 Å². The molecule has 0 saturated carbocycles. The molecule has 0 spiro atoms. The Morgan fingerprint density at radius 1 is 0.333 bits per heavy atom. The summed E-state index contributed by atoms with van der Waals surface area (Å²) in [4.78, 5) is 0. The molecule has 8 rings (SSSR count). The molecule has 0 N–H and O–H groups in total. The van der Waals surface area contributed by atoms with Crippen molar-refractivity contribution in [2.45, 2.75) is 68.7 Å². The predicted octanol–water partition coefficient (Wildman–Crippen LogP) is 15.6. The van der Waals surface area contributed by atoms with Crippen molar-refractivity contribution < 1.29 is 0 Å². The molecule has 0 radical (unpaired) electrons. The molecule has 0 atom stereocenters. The summed E-state index contributed by atoms with van der Waals surface area (Å²) in [6.45, 7) is 18.5. The SMILES string of the molecule is CC.CC.CC.CCC.Cc1c2ccccc2c(-c2ccccc2)c2ccccc12.c1ccc2c(c1)ccc1ccc3ccccc3c12. The first-order chi connectivity index (χ1) is 23.7. The fraction of sp³-hybridized carbons (Fsp3) is 0.208. The Morgan fingerprint density at radius 2 is 0.646 bits per heavy atom. The van der Waals surface area contributed by atoms with Crippen molar-refractivity contribution in [2.24, 2.45) is 0 Å². The van der Waals surface area contributed by atoms with Crippen LogP contribution in [0.4, 0.5) is 0 Å². The lowest BCUT2D eigenvalue weighted by Gasteiger charge is -2.15. The zero-order valence-corrected chi connectivity index (χ0v) is 30.6. The van der Waals surface area contributed by atoms with Gasteiger partial charge in [0.2, 0.25) is 0 Å². The van der Waals surface area contributed by atoms with Crippen LogP contribution < -0.4 is 0 Å². The molecular formula is C48H54. The Balaban J connectivity index is 0.000000212. The van der Waals surface area contributed by atoms with E-state index in [1.807, 2.05) is 41.5 Å². The lowest BCUT2D eigenvalue weighted by atomic mass is 9.89. The third-order valence-electron chi connectivity index (χ3n) is 7.90. The van der Waals surface area contributed by atoms with E-state index in [0.717, 1.165) is 0 Å². The highest BCUT2D eigenvalue weighted by Gasteiger charge is 2.12. The van der Waals surface area contributed by atoms with E-state index < -0.39 is 0 Å². The minimum Gasteiger partial charge on any atom is -0.0683 e. The molecule has 0 fully saturated rings. The van der Waals surface area contributed by atoms with Crippen LogP contribution in [0.2, 0.25) is 0 Å². The van der Waals surface area contributed by atoms with Gasteiger partial charge in [0.25, 0.3) is 0 Å². The molecule has 0 aliphatic heterocycles. The van der Waals surface area contributed by atoms with E-state index in [1.165, 1.54) is 77.0 Å². The zero-order chi connectivity index (χ0) is 34.9. The smallest absolute Gasteiger partial charge is 0.00266 e. The van der Waals surface area contributed by atoms with Crippen molar-refractivity contribution in [3.8, 4) is 11.1 Å². The van der Waals surface area contributed by atoms with E-state index in [0.29, 0.717) is 0 Å². The van der Waals surface area contributed by atoms with Crippen LogP contribution in [-0.4, -0.2) is 0 Å². The molecule has 0 aliphatic rings. The first-order valence-corrected chi connectivity index (χ1v) is 18.0. The van der Waals surface area contributed by atoms with Gasteiger partial charge in [-0.15, -0.1) is 0 Å². The summed E-state index contributed by atoms with van der Waals surface area (Å²) >= 11 is 0. The van der Waals surface area contributed by atoms with Crippen LogP contribution in [0, 0.1) is 6.92 Å². The van der Waals surface area contributed by atoms with Crippen LogP contribution in [0.15, 0.2) is 152 Å². The summed E-state index contributed by atoms with van der Waals surface area (Å²) in [6, 6.07) is 54.1. The average molecular weight is 631 g/mol. The van der Waals surface area contributed by atoms with Gasteiger partial charge in [0, 0.05) is 0 Å².